The average Bonchev–Trinajstić information content (AvgIpc) is 2.85. The molecule has 0 aliphatic rings. The first-order chi connectivity index (χ1) is 17.2. The number of aryl methyl sites for hydroxylation is 1. The lowest BCUT2D eigenvalue weighted by atomic mass is 10.0. The molecule has 0 heterocycles. The number of carbonyl (C=O) groups is 1. The molecule has 3 aromatic carbocycles. The van der Waals surface area contributed by atoms with Crippen LogP contribution in [-0.2, 0) is 21.3 Å². The van der Waals surface area contributed by atoms with Gasteiger partial charge in [-0.2, -0.15) is 13.7 Å². The molecule has 0 radical (unpaired) electrons. The second-order valence-electron chi connectivity index (χ2n) is 7.69. The predicted octanol–water partition coefficient (Wildman–Crippen LogP) is 5.70. The number of methoxy groups -OCH3 is 1. The van der Waals surface area contributed by atoms with Crippen molar-refractivity contribution in [3.63, 3.8) is 0 Å². The third kappa shape index (κ3) is 6.54. The molecule has 0 atom stereocenters. The lowest BCUT2D eigenvalue weighted by molar-refractivity contribution is -0.112. The van der Waals surface area contributed by atoms with E-state index in [2.05, 4.69) is 11.9 Å². The zero-order valence-electron chi connectivity index (χ0n) is 19.6. The van der Waals surface area contributed by atoms with Gasteiger partial charge >= 0.3 is 10.1 Å². The van der Waals surface area contributed by atoms with Crippen molar-refractivity contribution in [3.8, 4) is 17.6 Å². The molecular weight excluding hydrogens is 500 g/mol. The van der Waals surface area contributed by atoms with Crippen LogP contribution in [0.15, 0.2) is 83.8 Å². The number of rotatable bonds is 9. The molecule has 9 heteroatoms. The number of nitriles is 1. The van der Waals surface area contributed by atoms with Crippen LogP contribution < -0.4 is 14.2 Å². The number of amides is 1. The highest BCUT2D eigenvalue weighted by molar-refractivity contribution is 7.87. The summed E-state index contributed by atoms with van der Waals surface area (Å²) in [5.74, 6) is -0.503. The van der Waals surface area contributed by atoms with Gasteiger partial charge in [0.05, 0.1) is 7.11 Å². The highest BCUT2D eigenvalue weighted by Gasteiger charge is 2.22. The Kier molecular flexibility index (Phi) is 8.54. The molecule has 0 aliphatic heterocycles. The van der Waals surface area contributed by atoms with E-state index < -0.39 is 16.0 Å². The molecule has 0 fully saturated rings. The van der Waals surface area contributed by atoms with Crippen LogP contribution in [0.5, 0.6) is 11.5 Å². The molecule has 0 saturated heterocycles. The first-order valence-corrected chi connectivity index (χ1v) is 12.5. The van der Waals surface area contributed by atoms with Crippen molar-refractivity contribution in [1.82, 2.24) is 0 Å². The summed E-state index contributed by atoms with van der Waals surface area (Å²) in [7, 11) is -2.79. The van der Waals surface area contributed by atoms with Gasteiger partial charge in [-0.25, -0.2) is 0 Å². The van der Waals surface area contributed by atoms with Crippen LogP contribution in [0.1, 0.15) is 16.7 Å². The Balaban J connectivity index is 1.98. The van der Waals surface area contributed by atoms with Crippen molar-refractivity contribution >= 4 is 39.4 Å². The topological polar surface area (TPSA) is 105 Å². The minimum Gasteiger partial charge on any atom is -0.493 e. The maximum atomic E-state index is 12.9. The number of ether oxygens (including phenoxy) is 1. The summed E-state index contributed by atoms with van der Waals surface area (Å²) in [6, 6.07) is 17.7. The zero-order chi connectivity index (χ0) is 26.3. The second-order valence-corrected chi connectivity index (χ2v) is 9.67. The molecule has 0 unspecified atom stereocenters. The summed E-state index contributed by atoms with van der Waals surface area (Å²) in [4.78, 5) is 12.6. The molecule has 1 N–H and O–H groups in total. The van der Waals surface area contributed by atoms with Crippen molar-refractivity contribution in [2.45, 2.75) is 18.2 Å². The molecule has 0 bridgehead atoms. The lowest BCUT2D eigenvalue weighted by Crippen LogP contribution is -2.13. The molecule has 0 aromatic heterocycles. The Labute approximate surface area is 215 Å². The van der Waals surface area contributed by atoms with Gasteiger partial charge in [0.15, 0.2) is 11.5 Å². The third-order valence-electron chi connectivity index (χ3n) is 5.02. The summed E-state index contributed by atoms with van der Waals surface area (Å²) in [5, 5.41) is 12.7. The zero-order valence-corrected chi connectivity index (χ0v) is 21.2. The van der Waals surface area contributed by atoms with Crippen molar-refractivity contribution in [2.24, 2.45) is 0 Å². The standard InChI is InChI=1S/C27H23ClN2O5S/c1-4-5-20-14-19(15-21(17-29)27(31)30-23-10-8-22(28)9-11-23)16-25(34-3)26(20)35-36(32,33)24-12-6-18(2)7-13-24/h4,6-16H,1,5H2,2-3H3,(H,30,31)/b21-15+. The van der Waals surface area contributed by atoms with Crippen molar-refractivity contribution in [1.29, 1.82) is 5.26 Å². The van der Waals surface area contributed by atoms with E-state index in [4.69, 9.17) is 20.5 Å². The highest BCUT2D eigenvalue weighted by atomic mass is 35.5. The SMILES string of the molecule is C=CCc1cc(/C=C(\C#N)C(=O)Nc2ccc(Cl)cc2)cc(OC)c1OS(=O)(=O)c1ccc(C)cc1. The first kappa shape index (κ1) is 26.5. The summed E-state index contributed by atoms with van der Waals surface area (Å²) in [5.41, 5.74) is 2.09. The smallest absolute Gasteiger partial charge is 0.339 e. The number of anilines is 1. The minimum absolute atomic E-state index is 0.000696. The highest BCUT2D eigenvalue weighted by Crippen LogP contribution is 2.36. The van der Waals surface area contributed by atoms with Gasteiger partial charge in [0.2, 0.25) is 0 Å². The molecule has 36 heavy (non-hydrogen) atoms. The minimum atomic E-state index is -4.15. The third-order valence-corrected chi connectivity index (χ3v) is 6.51. The molecular formula is C27H23ClN2O5S. The number of allylic oxidation sites excluding steroid dienone is 1. The maximum absolute atomic E-state index is 12.9. The van der Waals surface area contributed by atoms with E-state index in [0.717, 1.165) is 5.56 Å². The molecule has 3 rings (SSSR count). The molecule has 1 amide bonds. The Morgan fingerprint density at radius 2 is 1.81 bits per heavy atom. The summed E-state index contributed by atoms with van der Waals surface area (Å²) in [6.45, 7) is 5.56. The van der Waals surface area contributed by atoms with Crippen LogP contribution in [0.25, 0.3) is 6.08 Å². The van der Waals surface area contributed by atoms with Crippen LogP contribution in [0.4, 0.5) is 5.69 Å². The molecule has 0 spiro atoms. The van der Waals surface area contributed by atoms with Crippen LogP contribution in [0.2, 0.25) is 5.02 Å². The number of hydrogen-bond acceptors (Lipinski definition) is 6. The number of benzene rings is 3. The normalized spacial score (nSPS) is 11.3. The number of halogens is 1. The lowest BCUT2D eigenvalue weighted by Gasteiger charge is -2.16. The Hall–Kier alpha value is -4.06. The molecule has 0 saturated carbocycles. The number of nitrogens with zero attached hydrogens (tertiary/aromatic N) is 1. The Bertz CT molecular complexity index is 1460. The van der Waals surface area contributed by atoms with Crippen LogP contribution in [0, 0.1) is 18.3 Å². The number of carbonyl (C=O) groups excluding carboxylic acids is 1. The van der Waals surface area contributed by atoms with Crippen molar-refractivity contribution in [3.05, 3.63) is 101 Å². The van der Waals surface area contributed by atoms with E-state index in [0.29, 0.717) is 21.8 Å². The van der Waals surface area contributed by atoms with E-state index in [1.807, 2.05) is 13.0 Å². The summed E-state index contributed by atoms with van der Waals surface area (Å²) >= 11 is 5.87. The van der Waals surface area contributed by atoms with E-state index in [-0.39, 0.29) is 28.4 Å². The van der Waals surface area contributed by atoms with Gasteiger partial charge in [0.25, 0.3) is 5.91 Å². The fourth-order valence-electron chi connectivity index (χ4n) is 3.23. The van der Waals surface area contributed by atoms with Crippen LogP contribution in [0.3, 0.4) is 0 Å². The molecule has 0 aliphatic carbocycles. The molecule has 3 aromatic rings. The largest absolute Gasteiger partial charge is 0.493 e. The fraction of sp³-hybridized carbons (Fsp3) is 0.111. The quantitative estimate of drug-likeness (QED) is 0.167. The van der Waals surface area contributed by atoms with Gasteiger partial charge in [0, 0.05) is 16.3 Å². The van der Waals surface area contributed by atoms with E-state index >= 15 is 0 Å². The molecule has 184 valence electrons. The monoisotopic (exact) mass is 522 g/mol. The van der Waals surface area contributed by atoms with Gasteiger partial charge in [-0.3, -0.25) is 4.79 Å². The second kappa shape index (κ2) is 11.6. The Morgan fingerprint density at radius 1 is 1.14 bits per heavy atom. The summed E-state index contributed by atoms with van der Waals surface area (Å²) < 4.78 is 36.7. The number of hydrogen-bond donors (Lipinski definition) is 1. The van der Waals surface area contributed by atoms with Crippen molar-refractivity contribution in [2.75, 3.05) is 12.4 Å². The van der Waals surface area contributed by atoms with Gasteiger partial charge in [-0.1, -0.05) is 35.4 Å². The van der Waals surface area contributed by atoms with Crippen LogP contribution in [-0.4, -0.2) is 21.4 Å². The first-order valence-electron chi connectivity index (χ1n) is 10.7. The van der Waals surface area contributed by atoms with E-state index in [9.17, 15) is 18.5 Å². The number of nitrogens with one attached hydrogen (secondary N) is 1. The van der Waals surface area contributed by atoms with E-state index in [1.54, 1.807) is 48.5 Å². The van der Waals surface area contributed by atoms with Gasteiger partial charge in [-0.15, -0.1) is 6.58 Å². The average molecular weight is 523 g/mol. The molecule has 7 nitrogen and oxygen atoms in total. The van der Waals surface area contributed by atoms with Gasteiger partial charge in [0.1, 0.15) is 16.5 Å². The maximum Gasteiger partial charge on any atom is 0.339 e. The van der Waals surface area contributed by atoms with Crippen LogP contribution >= 0.6 is 11.6 Å². The summed E-state index contributed by atoms with van der Waals surface area (Å²) in [6.07, 6.45) is 3.19. The predicted molar refractivity (Wildman–Crippen MR) is 140 cm³/mol. The van der Waals surface area contributed by atoms with Gasteiger partial charge in [-0.05, 0) is 73.5 Å². The van der Waals surface area contributed by atoms with Crippen molar-refractivity contribution < 1.29 is 22.1 Å². The fourth-order valence-corrected chi connectivity index (χ4v) is 4.33. The van der Waals surface area contributed by atoms with Gasteiger partial charge < -0.3 is 14.2 Å². The Morgan fingerprint density at radius 3 is 2.39 bits per heavy atom. The van der Waals surface area contributed by atoms with E-state index in [1.165, 1.54) is 31.4 Å².